The van der Waals surface area contributed by atoms with E-state index in [1.165, 1.54) is 0 Å². The number of carboxylic acids is 1. The SMILES string of the molecule is CC1=C(CO)C[C@H]([C@@H](C)C2CCC3C4C[C@H]5O[C@]56[C@@H](O)[C@@H](C)CC(=O)[C@]6(C(=O)O)C4CC[C@@]32C)OC1=O. The van der Waals surface area contributed by atoms with Crippen LogP contribution < -0.4 is 0 Å². The van der Waals surface area contributed by atoms with Crippen LogP contribution in [0.2, 0.25) is 0 Å². The first-order valence-electron chi connectivity index (χ1n) is 14.1. The van der Waals surface area contributed by atoms with Crippen molar-refractivity contribution in [3.63, 3.8) is 0 Å². The molecule has 12 atom stereocenters. The second kappa shape index (κ2) is 8.12. The number of carbonyl (C=O) groups is 3. The van der Waals surface area contributed by atoms with Crippen LogP contribution in [0.15, 0.2) is 11.1 Å². The molecule has 0 aromatic heterocycles. The van der Waals surface area contributed by atoms with Crippen molar-refractivity contribution in [2.75, 3.05) is 6.61 Å². The third-order valence-corrected chi connectivity index (χ3v) is 12.1. The fourth-order valence-electron chi connectivity index (χ4n) is 10.3. The molecule has 0 radical (unpaired) electrons. The Hall–Kier alpha value is -1.77. The second-order valence-corrected chi connectivity index (χ2v) is 13.3. The summed E-state index contributed by atoms with van der Waals surface area (Å²) in [6.45, 7) is 7.83. The quantitative estimate of drug-likeness (QED) is 0.295. The van der Waals surface area contributed by atoms with E-state index in [1.807, 2.05) is 6.92 Å². The van der Waals surface area contributed by atoms with Gasteiger partial charge in [-0.3, -0.25) is 9.59 Å². The van der Waals surface area contributed by atoms with E-state index in [-0.39, 0.29) is 71.8 Å². The molecule has 0 aromatic rings. The lowest BCUT2D eigenvalue weighted by atomic mass is 9.42. The summed E-state index contributed by atoms with van der Waals surface area (Å²) in [6, 6.07) is 0. The van der Waals surface area contributed by atoms with Crippen LogP contribution in [0.1, 0.15) is 72.6 Å². The van der Waals surface area contributed by atoms with Crippen LogP contribution in [-0.4, -0.2) is 63.6 Å². The number of epoxide rings is 1. The smallest absolute Gasteiger partial charge is 0.334 e. The predicted molar refractivity (Wildman–Crippen MR) is 131 cm³/mol. The lowest BCUT2D eigenvalue weighted by molar-refractivity contribution is -0.193. The highest BCUT2D eigenvalue weighted by molar-refractivity contribution is 6.07. The Bertz CT molecular complexity index is 1080. The molecule has 6 rings (SSSR count). The Morgan fingerprint density at radius 3 is 2.57 bits per heavy atom. The number of ether oxygens (including phenoxy) is 2. The molecule has 204 valence electrons. The Labute approximate surface area is 217 Å². The van der Waals surface area contributed by atoms with Gasteiger partial charge in [-0.2, -0.15) is 0 Å². The Balaban J connectivity index is 1.31. The van der Waals surface area contributed by atoms with Gasteiger partial charge in [0.15, 0.2) is 11.2 Å². The van der Waals surface area contributed by atoms with Gasteiger partial charge in [-0.1, -0.05) is 20.8 Å². The monoisotopic (exact) mass is 516 g/mol. The summed E-state index contributed by atoms with van der Waals surface area (Å²) in [5.74, 6) is -1.73. The first kappa shape index (κ1) is 25.5. The molecule has 4 aliphatic carbocycles. The highest BCUT2D eigenvalue weighted by Gasteiger charge is 2.86. The van der Waals surface area contributed by atoms with Crippen LogP contribution in [0.5, 0.6) is 0 Å². The summed E-state index contributed by atoms with van der Waals surface area (Å²) < 4.78 is 12.0. The van der Waals surface area contributed by atoms with Crippen LogP contribution >= 0.6 is 0 Å². The number of carboxylic acid groups (broad SMARTS) is 1. The first-order valence-corrected chi connectivity index (χ1v) is 14.1. The average Bonchev–Trinajstić information content (AvgIpc) is 3.48. The zero-order valence-electron chi connectivity index (χ0n) is 22.2. The van der Waals surface area contributed by atoms with Crippen molar-refractivity contribution in [1.29, 1.82) is 0 Å². The second-order valence-electron chi connectivity index (χ2n) is 13.3. The summed E-state index contributed by atoms with van der Waals surface area (Å²) in [6.07, 6.45) is 2.98. The van der Waals surface area contributed by atoms with E-state index in [2.05, 4.69) is 13.8 Å². The molecule has 1 spiro atoms. The van der Waals surface area contributed by atoms with Crippen molar-refractivity contribution in [3.8, 4) is 0 Å². The van der Waals surface area contributed by atoms with E-state index < -0.39 is 29.2 Å². The van der Waals surface area contributed by atoms with Crippen LogP contribution in [0.25, 0.3) is 0 Å². The van der Waals surface area contributed by atoms with Crippen molar-refractivity contribution in [1.82, 2.24) is 0 Å². The third kappa shape index (κ3) is 2.98. The van der Waals surface area contributed by atoms with Crippen molar-refractivity contribution < 1.29 is 39.2 Å². The number of fused-ring (bicyclic) bond motifs is 4. The lowest BCUT2D eigenvalue weighted by Crippen LogP contribution is -2.70. The van der Waals surface area contributed by atoms with E-state index >= 15 is 0 Å². The maximum absolute atomic E-state index is 13.7. The van der Waals surface area contributed by atoms with E-state index in [9.17, 15) is 29.7 Å². The lowest BCUT2D eigenvalue weighted by Gasteiger charge is -2.58. The first-order chi connectivity index (χ1) is 17.4. The molecule has 2 heterocycles. The largest absolute Gasteiger partial charge is 0.480 e. The Morgan fingerprint density at radius 1 is 1.16 bits per heavy atom. The number of aliphatic hydroxyl groups excluding tert-OH is 2. The zero-order chi connectivity index (χ0) is 26.7. The molecule has 5 fully saturated rings. The minimum absolute atomic E-state index is 0.0429. The molecule has 1 saturated heterocycles. The molecule has 37 heavy (non-hydrogen) atoms. The maximum Gasteiger partial charge on any atom is 0.334 e. The van der Waals surface area contributed by atoms with Gasteiger partial charge in [0.25, 0.3) is 0 Å². The number of hydrogen-bond donors (Lipinski definition) is 3. The molecule has 3 N–H and O–H groups in total. The van der Waals surface area contributed by atoms with Gasteiger partial charge in [0, 0.05) is 18.4 Å². The number of carbonyl (C=O) groups excluding carboxylic acids is 2. The molecule has 8 heteroatoms. The summed E-state index contributed by atoms with van der Waals surface area (Å²) in [5.41, 5.74) is -1.77. The standard InChI is InChI=1S/C29H40O8/c1-13-9-22(31)28(26(34)35)20-7-8-27(4)18(15(3)21-10-16(12-30)14(2)25(33)36-21)5-6-19(27)17(20)11-23-29(28,37-23)24(13)32/h13,15,17-21,23-24,30,32H,5-12H2,1-4H3,(H,34,35)/t13-,15-,17?,18?,19?,20?,21+,23+,24-,27+,28-,29-/m0/s1. The van der Waals surface area contributed by atoms with Crippen LogP contribution in [-0.2, 0) is 23.9 Å². The number of rotatable bonds is 4. The van der Waals surface area contributed by atoms with E-state index in [4.69, 9.17) is 9.47 Å². The summed E-state index contributed by atoms with van der Waals surface area (Å²) >= 11 is 0. The zero-order valence-corrected chi connectivity index (χ0v) is 22.2. The molecule has 4 saturated carbocycles. The van der Waals surface area contributed by atoms with Gasteiger partial charge in [-0.15, -0.1) is 0 Å². The summed E-state index contributed by atoms with van der Waals surface area (Å²) in [4.78, 5) is 39.2. The van der Waals surface area contributed by atoms with E-state index in [1.54, 1.807) is 6.92 Å². The highest BCUT2D eigenvalue weighted by Crippen LogP contribution is 2.74. The Morgan fingerprint density at radius 2 is 1.89 bits per heavy atom. The molecular formula is C29H40O8. The van der Waals surface area contributed by atoms with Crippen molar-refractivity contribution in [3.05, 3.63) is 11.1 Å². The van der Waals surface area contributed by atoms with Gasteiger partial charge in [-0.05, 0) is 85.5 Å². The molecule has 0 aromatic carbocycles. The number of hydrogen-bond acceptors (Lipinski definition) is 7. The summed E-state index contributed by atoms with van der Waals surface area (Å²) in [5, 5.41) is 31.6. The average molecular weight is 517 g/mol. The minimum atomic E-state index is -1.67. The van der Waals surface area contributed by atoms with Crippen molar-refractivity contribution in [2.45, 2.75) is 96.6 Å². The number of esters is 1. The van der Waals surface area contributed by atoms with Crippen LogP contribution in [0.3, 0.4) is 0 Å². The molecule has 8 nitrogen and oxygen atoms in total. The molecule has 0 bridgehead atoms. The molecule has 6 aliphatic rings. The molecular weight excluding hydrogens is 476 g/mol. The highest BCUT2D eigenvalue weighted by atomic mass is 16.6. The fourth-order valence-corrected chi connectivity index (χ4v) is 10.3. The van der Waals surface area contributed by atoms with E-state index in [0.29, 0.717) is 24.8 Å². The topological polar surface area (TPSA) is 134 Å². The van der Waals surface area contributed by atoms with Gasteiger partial charge < -0.3 is 24.8 Å². The van der Waals surface area contributed by atoms with Crippen molar-refractivity contribution in [2.24, 2.45) is 46.3 Å². The third-order valence-electron chi connectivity index (χ3n) is 12.1. The molecule has 4 unspecified atom stereocenters. The van der Waals surface area contributed by atoms with Gasteiger partial charge in [0.2, 0.25) is 0 Å². The number of Topliss-reactive ketones (excluding diaryl/α,β-unsaturated/α-hetero) is 1. The van der Waals surface area contributed by atoms with E-state index in [0.717, 1.165) is 24.8 Å². The van der Waals surface area contributed by atoms with Crippen molar-refractivity contribution >= 4 is 17.7 Å². The normalized spacial score (nSPS) is 51.4. The summed E-state index contributed by atoms with van der Waals surface area (Å²) in [7, 11) is 0. The number of aliphatic hydroxyl groups is 2. The predicted octanol–water partition coefficient (Wildman–Crippen LogP) is 2.89. The Kier molecular flexibility index (Phi) is 5.60. The fraction of sp³-hybridized carbons (Fsp3) is 0.828. The van der Waals surface area contributed by atoms with Crippen LogP contribution in [0.4, 0.5) is 0 Å². The van der Waals surface area contributed by atoms with Crippen LogP contribution in [0, 0.1) is 46.3 Å². The molecule has 0 amide bonds. The number of cyclic esters (lactones) is 1. The van der Waals surface area contributed by atoms with Gasteiger partial charge in [0.1, 0.15) is 11.7 Å². The van der Waals surface area contributed by atoms with Gasteiger partial charge in [-0.25, -0.2) is 4.79 Å². The van der Waals surface area contributed by atoms with Gasteiger partial charge >= 0.3 is 11.9 Å². The number of ketones is 1. The number of aliphatic carboxylic acids is 1. The minimum Gasteiger partial charge on any atom is -0.480 e. The molecule has 2 aliphatic heterocycles. The maximum atomic E-state index is 13.7. The van der Waals surface area contributed by atoms with Gasteiger partial charge in [0.05, 0.1) is 18.8 Å².